The van der Waals surface area contributed by atoms with Crippen molar-refractivity contribution in [2.45, 2.75) is 42.9 Å². The van der Waals surface area contributed by atoms with E-state index in [9.17, 15) is 23.1 Å². The standard InChI is InChI=1S/C11H16N2O5S2/c1-7-10(19-11(16)12-7)20(17,18)13-6-4-2-3-5-8(13)9(14)15/h8H,2-6H2,1H3,(H,12,16)(H,14,15). The topological polar surface area (TPSA) is 108 Å². The molecule has 0 aromatic carbocycles. The molecule has 0 saturated carbocycles. The molecule has 1 aromatic rings. The number of rotatable bonds is 3. The van der Waals surface area contributed by atoms with Gasteiger partial charge < -0.3 is 10.1 Å². The number of aromatic amines is 1. The predicted octanol–water partition coefficient (Wildman–Crippen LogP) is 0.763. The predicted molar refractivity (Wildman–Crippen MR) is 73.5 cm³/mol. The second kappa shape index (κ2) is 5.66. The highest BCUT2D eigenvalue weighted by Gasteiger charge is 2.38. The number of nitrogens with one attached hydrogen (secondary N) is 1. The first-order chi connectivity index (χ1) is 9.34. The molecule has 0 spiro atoms. The van der Waals surface area contributed by atoms with Crippen LogP contribution in [0, 0.1) is 6.92 Å². The number of aryl methyl sites for hydroxylation is 1. The molecule has 1 fully saturated rings. The first-order valence-corrected chi connectivity index (χ1v) is 8.54. The normalized spacial score (nSPS) is 21.6. The van der Waals surface area contributed by atoms with Crippen molar-refractivity contribution in [3.63, 3.8) is 0 Å². The molecule has 1 unspecified atom stereocenters. The number of sulfonamides is 1. The number of nitrogens with zero attached hydrogens (tertiary/aromatic N) is 1. The van der Waals surface area contributed by atoms with Crippen LogP contribution in [0.1, 0.15) is 31.4 Å². The highest BCUT2D eigenvalue weighted by Crippen LogP contribution is 2.27. The van der Waals surface area contributed by atoms with Gasteiger partial charge in [-0.3, -0.25) is 9.59 Å². The molecule has 0 bridgehead atoms. The number of carbonyl (C=O) groups is 1. The van der Waals surface area contributed by atoms with Crippen LogP contribution in [0.2, 0.25) is 0 Å². The summed E-state index contributed by atoms with van der Waals surface area (Å²) < 4.78 is 26.1. The first-order valence-electron chi connectivity index (χ1n) is 6.28. The minimum Gasteiger partial charge on any atom is -0.480 e. The van der Waals surface area contributed by atoms with Crippen molar-refractivity contribution in [2.24, 2.45) is 0 Å². The fraction of sp³-hybridized carbons (Fsp3) is 0.636. The van der Waals surface area contributed by atoms with E-state index in [4.69, 9.17) is 0 Å². The van der Waals surface area contributed by atoms with Gasteiger partial charge in [-0.2, -0.15) is 4.31 Å². The van der Waals surface area contributed by atoms with Crippen molar-refractivity contribution < 1.29 is 18.3 Å². The number of aliphatic carboxylic acids is 1. The molecule has 0 aliphatic carbocycles. The average molecular weight is 320 g/mol. The summed E-state index contributed by atoms with van der Waals surface area (Å²) in [7, 11) is -3.95. The zero-order chi connectivity index (χ0) is 14.9. The van der Waals surface area contributed by atoms with E-state index in [1.54, 1.807) is 0 Å². The molecule has 1 saturated heterocycles. The van der Waals surface area contributed by atoms with Gasteiger partial charge in [-0.05, 0) is 19.8 Å². The monoisotopic (exact) mass is 320 g/mol. The van der Waals surface area contributed by atoms with Crippen LogP contribution in [-0.4, -0.2) is 41.4 Å². The lowest BCUT2D eigenvalue weighted by molar-refractivity contribution is -0.141. The summed E-state index contributed by atoms with van der Waals surface area (Å²) in [6, 6.07) is -1.06. The zero-order valence-corrected chi connectivity index (χ0v) is 12.6. The summed E-state index contributed by atoms with van der Waals surface area (Å²) in [6.07, 6.45) is 2.41. The van der Waals surface area contributed by atoms with Gasteiger partial charge >= 0.3 is 10.8 Å². The van der Waals surface area contributed by atoms with E-state index in [1.807, 2.05) is 0 Å². The summed E-state index contributed by atoms with van der Waals surface area (Å²) in [5, 5.41) is 9.25. The van der Waals surface area contributed by atoms with E-state index in [2.05, 4.69) is 4.98 Å². The van der Waals surface area contributed by atoms with Gasteiger partial charge in [0.1, 0.15) is 6.04 Å². The van der Waals surface area contributed by atoms with E-state index in [0.29, 0.717) is 30.6 Å². The number of carboxylic acid groups (broad SMARTS) is 1. The maximum absolute atomic E-state index is 12.6. The van der Waals surface area contributed by atoms with E-state index < -0.39 is 26.9 Å². The SMILES string of the molecule is Cc1[nH]c(=O)sc1S(=O)(=O)N1CCCCCC1C(=O)O. The molecule has 1 aromatic heterocycles. The average Bonchev–Trinajstić information content (AvgIpc) is 2.59. The smallest absolute Gasteiger partial charge is 0.322 e. The molecule has 2 N–H and O–H groups in total. The Kier molecular flexibility index (Phi) is 4.31. The highest BCUT2D eigenvalue weighted by molar-refractivity contribution is 7.91. The highest BCUT2D eigenvalue weighted by atomic mass is 32.2. The van der Waals surface area contributed by atoms with Gasteiger partial charge in [0.25, 0.3) is 10.0 Å². The molecule has 112 valence electrons. The molecule has 1 aliphatic rings. The van der Waals surface area contributed by atoms with Crippen LogP contribution in [0.4, 0.5) is 0 Å². The third-order valence-electron chi connectivity index (χ3n) is 3.31. The van der Waals surface area contributed by atoms with Crippen molar-refractivity contribution in [1.82, 2.24) is 9.29 Å². The fourth-order valence-electron chi connectivity index (χ4n) is 2.36. The number of aromatic nitrogens is 1. The van der Waals surface area contributed by atoms with E-state index >= 15 is 0 Å². The Balaban J connectivity index is 2.47. The van der Waals surface area contributed by atoms with E-state index in [-0.39, 0.29) is 16.4 Å². The lowest BCUT2D eigenvalue weighted by Gasteiger charge is -2.25. The van der Waals surface area contributed by atoms with Crippen molar-refractivity contribution >= 4 is 27.3 Å². The Labute approximate surface area is 120 Å². The van der Waals surface area contributed by atoms with Crippen LogP contribution in [0.3, 0.4) is 0 Å². The largest absolute Gasteiger partial charge is 0.480 e. The maximum Gasteiger partial charge on any atom is 0.322 e. The number of carboxylic acids is 1. The summed E-state index contributed by atoms with van der Waals surface area (Å²) >= 11 is 0.602. The van der Waals surface area contributed by atoms with Gasteiger partial charge in [0, 0.05) is 12.2 Å². The van der Waals surface area contributed by atoms with Gasteiger partial charge in [0.2, 0.25) is 0 Å². The third-order valence-corrected chi connectivity index (χ3v) is 6.80. The Hall–Kier alpha value is -1.19. The molecule has 1 aliphatic heterocycles. The third kappa shape index (κ3) is 2.79. The Bertz CT molecular complexity index is 661. The summed E-state index contributed by atoms with van der Waals surface area (Å²) in [5.74, 6) is -1.14. The lowest BCUT2D eigenvalue weighted by Crippen LogP contribution is -2.44. The second-order valence-electron chi connectivity index (χ2n) is 4.75. The van der Waals surface area contributed by atoms with Crippen LogP contribution >= 0.6 is 11.3 Å². The van der Waals surface area contributed by atoms with Gasteiger partial charge in [0.15, 0.2) is 4.21 Å². The van der Waals surface area contributed by atoms with E-state index in [1.165, 1.54) is 6.92 Å². The zero-order valence-electron chi connectivity index (χ0n) is 11.0. The molecule has 0 amide bonds. The number of hydrogen-bond donors (Lipinski definition) is 2. The minimum absolute atomic E-state index is 0.0874. The van der Waals surface area contributed by atoms with Crippen molar-refractivity contribution in [3.8, 4) is 0 Å². The van der Waals surface area contributed by atoms with Gasteiger partial charge in [-0.15, -0.1) is 0 Å². The van der Waals surface area contributed by atoms with Crippen LogP contribution < -0.4 is 4.87 Å². The van der Waals surface area contributed by atoms with Crippen LogP contribution in [0.15, 0.2) is 9.00 Å². The van der Waals surface area contributed by atoms with Gasteiger partial charge in [-0.25, -0.2) is 8.42 Å². The fourth-order valence-corrected chi connectivity index (χ4v) is 5.42. The molecule has 2 rings (SSSR count). The Morgan fingerprint density at radius 2 is 2.10 bits per heavy atom. The van der Waals surface area contributed by atoms with Crippen LogP contribution in [0.5, 0.6) is 0 Å². The molecule has 2 heterocycles. The first kappa shape index (κ1) is 15.2. The maximum atomic E-state index is 12.6. The number of hydrogen-bond acceptors (Lipinski definition) is 5. The van der Waals surface area contributed by atoms with Crippen LogP contribution in [0.25, 0.3) is 0 Å². The summed E-state index contributed by atoms with van der Waals surface area (Å²) in [4.78, 5) is 24.6. The molecule has 1 atom stereocenters. The van der Waals surface area contributed by atoms with Gasteiger partial charge in [0.05, 0.1) is 0 Å². The molecular formula is C11H16N2O5S2. The minimum atomic E-state index is -3.95. The van der Waals surface area contributed by atoms with Crippen molar-refractivity contribution in [3.05, 3.63) is 15.4 Å². The van der Waals surface area contributed by atoms with Gasteiger partial charge in [-0.1, -0.05) is 24.2 Å². The summed E-state index contributed by atoms with van der Waals surface area (Å²) in [5.41, 5.74) is 0.258. The van der Waals surface area contributed by atoms with E-state index in [0.717, 1.165) is 10.7 Å². The van der Waals surface area contributed by atoms with Crippen molar-refractivity contribution in [1.29, 1.82) is 0 Å². The quantitative estimate of drug-likeness (QED) is 0.855. The second-order valence-corrected chi connectivity index (χ2v) is 7.82. The van der Waals surface area contributed by atoms with Crippen molar-refractivity contribution in [2.75, 3.05) is 6.54 Å². The molecule has 0 radical (unpaired) electrons. The summed E-state index contributed by atoms with van der Waals surface area (Å²) in [6.45, 7) is 1.67. The lowest BCUT2D eigenvalue weighted by atomic mass is 10.1. The number of thiazole rings is 1. The molecule has 9 heteroatoms. The molecular weight excluding hydrogens is 304 g/mol. The Morgan fingerprint density at radius 1 is 1.40 bits per heavy atom. The molecule has 7 nitrogen and oxygen atoms in total. The Morgan fingerprint density at radius 3 is 2.65 bits per heavy atom. The van der Waals surface area contributed by atoms with Crippen LogP contribution in [-0.2, 0) is 14.8 Å². The molecule has 20 heavy (non-hydrogen) atoms. The number of H-pyrrole nitrogens is 1.